The van der Waals surface area contributed by atoms with Gasteiger partial charge in [0.1, 0.15) is 6.33 Å². The summed E-state index contributed by atoms with van der Waals surface area (Å²) in [5.74, 6) is 1.12. The van der Waals surface area contributed by atoms with E-state index in [0.29, 0.717) is 6.42 Å². The Balaban J connectivity index is 2.08. The lowest BCUT2D eigenvalue weighted by Crippen LogP contribution is -2.05. The zero-order chi connectivity index (χ0) is 12.7. The zero-order valence-electron chi connectivity index (χ0n) is 10.6. The van der Waals surface area contributed by atoms with E-state index in [4.69, 9.17) is 0 Å². The average molecular weight is 241 g/mol. The molecule has 4 nitrogen and oxygen atoms in total. The van der Waals surface area contributed by atoms with Gasteiger partial charge in [-0.3, -0.25) is 4.79 Å². The summed E-state index contributed by atoms with van der Waals surface area (Å²) in [6.45, 7) is 4.16. The highest BCUT2D eigenvalue weighted by molar-refractivity contribution is 6.00. The van der Waals surface area contributed by atoms with E-state index in [9.17, 15) is 4.79 Å². The molecule has 0 amide bonds. The number of carbonyl (C=O) groups excluding carboxylic acids is 1. The molecule has 92 valence electrons. The molecule has 0 N–H and O–H groups in total. The predicted molar refractivity (Wildman–Crippen MR) is 68.5 cm³/mol. The van der Waals surface area contributed by atoms with Crippen molar-refractivity contribution in [3.63, 3.8) is 0 Å². The van der Waals surface area contributed by atoms with Gasteiger partial charge in [0.05, 0.1) is 0 Å². The van der Waals surface area contributed by atoms with Crippen LogP contribution < -0.4 is 0 Å². The number of aromatic nitrogens is 3. The van der Waals surface area contributed by atoms with Crippen molar-refractivity contribution < 1.29 is 4.79 Å². The minimum Gasteiger partial charge on any atom is -0.294 e. The minimum absolute atomic E-state index is 0.252. The third-order valence-electron chi connectivity index (χ3n) is 3.35. The Kier molecular flexibility index (Phi) is 2.51. The van der Waals surface area contributed by atoms with Crippen LogP contribution in [0.25, 0.3) is 11.4 Å². The lowest BCUT2D eigenvalue weighted by Gasteiger charge is -2.10. The first kappa shape index (κ1) is 11.1. The van der Waals surface area contributed by atoms with E-state index >= 15 is 0 Å². The summed E-state index contributed by atoms with van der Waals surface area (Å²) in [6.07, 6.45) is 3.06. The molecule has 0 fully saturated rings. The van der Waals surface area contributed by atoms with Crippen molar-refractivity contribution in [3.8, 4) is 11.4 Å². The van der Waals surface area contributed by atoms with Gasteiger partial charge in [-0.15, -0.1) is 0 Å². The van der Waals surface area contributed by atoms with Crippen LogP contribution in [0.1, 0.15) is 42.2 Å². The number of fused-ring (bicyclic) bond motifs is 1. The Hall–Kier alpha value is -1.97. The van der Waals surface area contributed by atoms with Crippen LogP contribution in [-0.2, 0) is 6.42 Å². The van der Waals surface area contributed by atoms with Crippen LogP contribution >= 0.6 is 0 Å². The Labute approximate surface area is 106 Å². The Morgan fingerprint density at radius 2 is 2.11 bits per heavy atom. The molecule has 0 saturated carbocycles. The molecule has 3 rings (SSSR count). The first-order valence-corrected chi connectivity index (χ1v) is 6.23. The lowest BCUT2D eigenvalue weighted by atomic mass is 10.1. The van der Waals surface area contributed by atoms with E-state index < -0.39 is 0 Å². The molecule has 0 saturated heterocycles. The quantitative estimate of drug-likeness (QED) is 0.812. The lowest BCUT2D eigenvalue weighted by molar-refractivity contribution is 0.0994. The van der Waals surface area contributed by atoms with Gasteiger partial charge in [0, 0.05) is 23.6 Å². The summed E-state index contributed by atoms with van der Waals surface area (Å²) in [5.41, 5.74) is 3.04. The maximum absolute atomic E-state index is 11.6. The van der Waals surface area contributed by atoms with E-state index in [-0.39, 0.29) is 11.8 Å². The van der Waals surface area contributed by atoms with Gasteiger partial charge in [-0.25, -0.2) is 9.67 Å². The fourth-order valence-corrected chi connectivity index (χ4v) is 2.43. The van der Waals surface area contributed by atoms with Crippen molar-refractivity contribution in [1.82, 2.24) is 14.8 Å². The van der Waals surface area contributed by atoms with Crippen molar-refractivity contribution in [3.05, 3.63) is 35.7 Å². The van der Waals surface area contributed by atoms with E-state index in [0.717, 1.165) is 28.9 Å². The van der Waals surface area contributed by atoms with E-state index in [1.807, 2.05) is 16.8 Å². The number of Topliss-reactive ketones (excluding diaryl/α,β-unsaturated/α-hetero) is 1. The van der Waals surface area contributed by atoms with Gasteiger partial charge >= 0.3 is 0 Å². The second kappa shape index (κ2) is 4.05. The molecule has 18 heavy (non-hydrogen) atoms. The van der Waals surface area contributed by atoms with Crippen LogP contribution in [0.5, 0.6) is 0 Å². The summed E-state index contributed by atoms with van der Waals surface area (Å²) in [6, 6.07) is 6.23. The second-order valence-electron chi connectivity index (χ2n) is 4.92. The molecular weight excluding hydrogens is 226 g/mol. The molecule has 2 aromatic rings. The van der Waals surface area contributed by atoms with Gasteiger partial charge in [0.15, 0.2) is 11.6 Å². The molecule has 0 unspecified atom stereocenters. The molecule has 0 radical (unpaired) electrons. The molecule has 1 aliphatic carbocycles. The highest BCUT2D eigenvalue weighted by Crippen LogP contribution is 2.27. The third-order valence-corrected chi connectivity index (χ3v) is 3.35. The summed E-state index contributed by atoms with van der Waals surface area (Å²) in [7, 11) is 0. The van der Waals surface area contributed by atoms with E-state index in [1.165, 1.54) is 0 Å². The summed E-state index contributed by atoms with van der Waals surface area (Å²) in [5, 5.41) is 4.24. The number of hydrogen-bond acceptors (Lipinski definition) is 3. The van der Waals surface area contributed by atoms with Crippen molar-refractivity contribution in [1.29, 1.82) is 0 Å². The Morgan fingerprint density at radius 3 is 2.89 bits per heavy atom. The van der Waals surface area contributed by atoms with Gasteiger partial charge in [0.25, 0.3) is 0 Å². The molecular formula is C14H15N3O. The van der Waals surface area contributed by atoms with Crippen LogP contribution in [0.4, 0.5) is 0 Å². The van der Waals surface area contributed by atoms with Gasteiger partial charge in [0.2, 0.25) is 0 Å². The molecule has 1 aromatic carbocycles. The summed E-state index contributed by atoms with van der Waals surface area (Å²) < 4.78 is 1.90. The first-order valence-electron chi connectivity index (χ1n) is 6.23. The Morgan fingerprint density at radius 1 is 1.28 bits per heavy atom. The molecule has 0 bridgehead atoms. The molecule has 1 heterocycles. The van der Waals surface area contributed by atoms with Crippen LogP contribution in [0, 0.1) is 0 Å². The van der Waals surface area contributed by atoms with Crippen molar-refractivity contribution in [2.45, 2.75) is 32.7 Å². The number of hydrogen-bond donors (Lipinski definition) is 0. The Bertz CT molecular complexity index is 613. The van der Waals surface area contributed by atoms with Gasteiger partial charge in [-0.1, -0.05) is 12.1 Å². The molecule has 4 heteroatoms. The number of nitrogens with zero attached hydrogens (tertiary/aromatic N) is 3. The topological polar surface area (TPSA) is 47.8 Å². The fraction of sp³-hybridized carbons (Fsp3) is 0.357. The standard InChI is InChI=1S/C14H15N3O/c1-9(2)17-14(15-8-16-17)11-3-5-12-10(7-11)4-6-13(12)18/h3,5,7-9H,4,6H2,1-2H3. The number of aryl methyl sites for hydroxylation is 1. The average Bonchev–Trinajstić information content (AvgIpc) is 2.96. The zero-order valence-corrected chi connectivity index (χ0v) is 10.6. The fourth-order valence-electron chi connectivity index (χ4n) is 2.43. The second-order valence-corrected chi connectivity index (χ2v) is 4.92. The van der Waals surface area contributed by atoms with Crippen LogP contribution in [-0.4, -0.2) is 20.5 Å². The third kappa shape index (κ3) is 1.65. The maximum Gasteiger partial charge on any atom is 0.163 e. The number of rotatable bonds is 2. The minimum atomic E-state index is 0.252. The number of ketones is 1. The molecule has 0 aliphatic heterocycles. The monoisotopic (exact) mass is 241 g/mol. The van der Waals surface area contributed by atoms with Crippen molar-refractivity contribution in [2.75, 3.05) is 0 Å². The van der Waals surface area contributed by atoms with Gasteiger partial charge in [-0.05, 0) is 31.9 Å². The smallest absolute Gasteiger partial charge is 0.163 e. The molecule has 1 aromatic heterocycles. The summed E-state index contributed by atoms with van der Waals surface area (Å²) >= 11 is 0. The number of benzene rings is 1. The number of carbonyl (C=O) groups is 1. The highest BCUT2D eigenvalue weighted by atomic mass is 16.1. The SMILES string of the molecule is CC(C)n1ncnc1-c1ccc2c(c1)CCC2=O. The van der Waals surface area contributed by atoms with Crippen LogP contribution in [0.15, 0.2) is 24.5 Å². The normalized spacial score (nSPS) is 14.3. The van der Waals surface area contributed by atoms with E-state index in [1.54, 1.807) is 6.33 Å². The van der Waals surface area contributed by atoms with E-state index in [2.05, 4.69) is 30.0 Å². The molecule has 0 atom stereocenters. The molecule has 1 aliphatic rings. The van der Waals surface area contributed by atoms with Crippen molar-refractivity contribution in [2.24, 2.45) is 0 Å². The van der Waals surface area contributed by atoms with Crippen LogP contribution in [0.3, 0.4) is 0 Å². The van der Waals surface area contributed by atoms with Gasteiger partial charge in [-0.2, -0.15) is 5.10 Å². The maximum atomic E-state index is 11.6. The highest BCUT2D eigenvalue weighted by Gasteiger charge is 2.20. The summed E-state index contributed by atoms with van der Waals surface area (Å²) in [4.78, 5) is 15.9. The largest absolute Gasteiger partial charge is 0.294 e. The van der Waals surface area contributed by atoms with Crippen LogP contribution in [0.2, 0.25) is 0 Å². The first-order chi connectivity index (χ1) is 8.66. The van der Waals surface area contributed by atoms with Gasteiger partial charge < -0.3 is 0 Å². The van der Waals surface area contributed by atoms with Crippen molar-refractivity contribution >= 4 is 5.78 Å². The predicted octanol–water partition coefficient (Wildman–Crippen LogP) is 2.65. The molecule has 0 spiro atoms.